The van der Waals surface area contributed by atoms with E-state index in [0.29, 0.717) is 0 Å². The van der Waals surface area contributed by atoms with Gasteiger partial charge in [-0.2, -0.15) is 12.6 Å². The maximum absolute atomic E-state index is 4.26. The van der Waals surface area contributed by atoms with Crippen LogP contribution in [-0.2, 0) is 6.42 Å². The molecule has 1 heterocycles. The summed E-state index contributed by atoms with van der Waals surface area (Å²) in [5.41, 5.74) is 6.31. The van der Waals surface area contributed by atoms with Gasteiger partial charge in [0.2, 0.25) is 0 Å². The number of thiol groups is 1. The van der Waals surface area contributed by atoms with E-state index in [4.69, 9.17) is 0 Å². The van der Waals surface area contributed by atoms with Crippen molar-refractivity contribution in [1.29, 1.82) is 0 Å². The number of benzene rings is 2. The van der Waals surface area contributed by atoms with Gasteiger partial charge in [-0.25, -0.2) is 0 Å². The van der Waals surface area contributed by atoms with Gasteiger partial charge >= 0.3 is 0 Å². The Labute approximate surface area is 137 Å². The van der Waals surface area contributed by atoms with Crippen LogP contribution >= 0.6 is 12.6 Å². The Bertz CT molecular complexity index is 703. The van der Waals surface area contributed by atoms with Crippen LogP contribution in [0.25, 0.3) is 22.3 Å². The Morgan fingerprint density at radius 2 is 1.09 bits per heavy atom. The fraction of sp³-hybridized carbons (Fsp3) is 0.150. The van der Waals surface area contributed by atoms with Gasteiger partial charge in [-0.05, 0) is 58.5 Å². The predicted octanol–water partition coefficient (Wildman–Crippen LogP) is 5.28. The molecule has 0 aliphatic heterocycles. The van der Waals surface area contributed by atoms with Crippen LogP contribution in [0.3, 0.4) is 0 Å². The van der Waals surface area contributed by atoms with Crippen LogP contribution in [0.15, 0.2) is 73.1 Å². The third-order valence-corrected chi connectivity index (χ3v) is 4.13. The summed E-state index contributed by atoms with van der Waals surface area (Å²) >= 11 is 4.26. The molecule has 0 unspecified atom stereocenters. The van der Waals surface area contributed by atoms with Crippen molar-refractivity contribution in [2.24, 2.45) is 0 Å². The highest BCUT2D eigenvalue weighted by Crippen LogP contribution is 2.25. The van der Waals surface area contributed by atoms with Gasteiger partial charge in [0.1, 0.15) is 0 Å². The molecule has 0 radical (unpaired) electrons. The second kappa shape index (κ2) is 7.28. The minimum atomic E-state index is 0.943. The van der Waals surface area contributed by atoms with E-state index in [-0.39, 0.29) is 0 Å². The zero-order valence-electron chi connectivity index (χ0n) is 12.4. The third-order valence-electron chi connectivity index (χ3n) is 3.81. The molecule has 0 saturated heterocycles. The van der Waals surface area contributed by atoms with Crippen molar-refractivity contribution in [3.05, 3.63) is 78.6 Å². The minimum absolute atomic E-state index is 0.943. The van der Waals surface area contributed by atoms with Crippen molar-refractivity contribution in [3.63, 3.8) is 0 Å². The van der Waals surface area contributed by atoms with Crippen molar-refractivity contribution in [2.75, 3.05) is 5.75 Å². The third kappa shape index (κ3) is 3.58. The van der Waals surface area contributed by atoms with Gasteiger partial charge in [-0.3, -0.25) is 4.98 Å². The van der Waals surface area contributed by atoms with E-state index in [1.807, 2.05) is 24.5 Å². The van der Waals surface area contributed by atoms with E-state index in [9.17, 15) is 0 Å². The van der Waals surface area contributed by atoms with Crippen LogP contribution in [0.2, 0.25) is 0 Å². The zero-order valence-corrected chi connectivity index (χ0v) is 13.3. The smallest absolute Gasteiger partial charge is 0.0273 e. The van der Waals surface area contributed by atoms with Gasteiger partial charge in [0, 0.05) is 12.4 Å². The largest absolute Gasteiger partial charge is 0.265 e. The molecule has 2 aromatic carbocycles. The van der Waals surface area contributed by atoms with Crippen molar-refractivity contribution >= 4 is 12.6 Å². The molecular weight excluding hydrogens is 286 g/mol. The van der Waals surface area contributed by atoms with E-state index in [2.05, 4.69) is 66.1 Å². The van der Waals surface area contributed by atoms with Crippen LogP contribution in [-0.4, -0.2) is 10.7 Å². The van der Waals surface area contributed by atoms with Gasteiger partial charge < -0.3 is 0 Å². The van der Waals surface area contributed by atoms with Gasteiger partial charge in [-0.1, -0.05) is 48.5 Å². The van der Waals surface area contributed by atoms with Gasteiger partial charge in [0.25, 0.3) is 0 Å². The van der Waals surface area contributed by atoms with Crippen molar-refractivity contribution < 1.29 is 0 Å². The summed E-state index contributed by atoms with van der Waals surface area (Å²) < 4.78 is 0. The van der Waals surface area contributed by atoms with Gasteiger partial charge in [-0.15, -0.1) is 0 Å². The molecule has 110 valence electrons. The standard InChI is InChI=1S/C20H19NS/c22-15-1-2-16-3-5-17(6-4-16)18-7-9-19(10-8-18)20-11-13-21-14-12-20/h3-14,22H,1-2,15H2. The molecule has 0 aliphatic rings. The van der Waals surface area contributed by atoms with Crippen LogP contribution in [0.4, 0.5) is 0 Å². The van der Waals surface area contributed by atoms with Crippen molar-refractivity contribution in [1.82, 2.24) is 4.98 Å². The highest BCUT2D eigenvalue weighted by atomic mass is 32.1. The molecule has 1 aromatic heterocycles. The van der Waals surface area contributed by atoms with E-state index >= 15 is 0 Å². The number of aryl methyl sites for hydroxylation is 1. The number of aromatic nitrogens is 1. The van der Waals surface area contributed by atoms with Crippen molar-refractivity contribution in [3.8, 4) is 22.3 Å². The summed E-state index contributed by atoms with van der Waals surface area (Å²) in [6.07, 6.45) is 5.88. The lowest BCUT2D eigenvalue weighted by atomic mass is 9.99. The molecule has 0 fully saturated rings. The zero-order chi connectivity index (χ0) is 15.2. The van der Waals surface area contributed by atoms with E-state index in [1.165, 1.54) is 27.8 Å². The maximum Gasteiger partial charge on any atom is 0.0273 e. The lowest BCUT2D eigenvalue weighted by Gasteiger charge is -2.06. The molecule has 0 atom stereocenters. The lowest BCUT2D eigenvalue weighted by molar-refractivity contribution is 0.936. The van der Waals surface area contributed by atoms with E-state index < -0.39 is 0 Å². The number of nitrogens with zero attached hydrogens (tertiary/aromatic N) is 1. The molecule has 22 heavy (non-hydrogen) atoms. The fourth-order valence-electron chi connectivity index (χ4n) is 2.55. The highest BCUT2D eigenvalue weighted by molar-refractivity contribution is 7.80. The predicted molar refractivity (Wildman–Crippen MR) is 97.3 cm³/mol. The number of pyridine rings is 1. The number of hydrogen-bond donors (Lipinski definition) is 1. The molecule has 0 bridgehead atoms. The molecule has 0 amide bonds. The summed E-state index contributed by atoms with van der Waals surface area (Å²) in [5.74, 6) is 0.943. The molecule has 0 spiro atoms. The SMILES string of the molecule is SCCCc1ccc(-c2ccc(-c3ccncc3)cc2)cc1. The number of rotatable bonds is 5. The van der Waals surface area contributed by atoms with E-state index in [1.54, 1.807) is 0 Å². The van der Waals surface area contributed by atoms with Crippen molar-refractivity contribution in [2.45, 2.75) is 12.8 Å². The first-order valence-corrected chi connectivity index (χ1v) is 8.21. The maximum atomic E-state index is 4.26. The Kier molecular flexibility index (Phi) is 4.92. The molecule has 1 nitrogen and oxygen atoms in total. The average molecular weight is 305 g/mol. The van der Waals surface area contributed by atoms with E-state index in [0.717, 1.165) is 18.6 Å². The summed E-state index contributed by atoms with van der Waals surface area (Å²) in [7, 11) is 0. The minimum Gasteiger partial charge on any atom is -0.265 e. The van der Waals surface area contributed by atoms with Crippen LogP contribution in [0, 0.1) is 0 Å². The summed E-state index contributed by atoms with van der Waals surface area (Å²) in [6, 6.07) is 21.6. The van der Waals surface area contributed by atoms with Crippen LogP contribution in [0.1, 0.15) is 12.0 Å². The first-order valence-electron chi connectivity index (χ1n) is 7.57. The first-order chi connectivity index (χ1) is 10.9. The Morgan fingerprint density at radius 3 is 1.59 bits per heavy atom. The normalized spacial score (nSPS) is 10.6. The Hall–Kier alpha value is -2.06. The van der Waals surface area contributed by atoms with Crippen LogP contribution in [0.5, 0.6) is 0 Å². The quantitative estimate of drug-likeness (QED) is 0.633. The second-order valence-electron chi connectivity index (χ2n) is 5.34. The molecule has 0 aliphatic carbocycles. The monoisotopic (exact) mass is 305 g/mol. The second-order valence-corrected chi connectivity index (χ2v) is 5.78. The Morgan fingerprint density at radius 1 is 0.636 bits per heavy atom. The molecule has 0 saturated carbocycles. The molecule has 2 heteroatoms. The van der Waals surface area contributed by atoms with Gasteiger partial charge in [0.15, 0.2) is 0 Å². The molecule has 3 aromatic rings. The fourth-order valence-corrected chi connectivity index (χ4v) is 2.70. The molecular formula is C20H19NS. The Balaban J connectivity index is 1.78. The lowest BCUT2D eigenvalue weighted by Crippen LogP contribution is -1.86. The summed E-state index contributed by atoms with van der Waals surface area (Å²) in [5, 5.41) is 0. The first kappa shape index (κ1) is 14.9. The highest BCUT2D eigenvalue weighted by Gasteiger charge is 2.01. The summed E-state index contributed by atoms with van der Waals surface area (Å²) in [6.45, 7) is 0. The average Bonchev–Trinajstić information content (AvgIpc) is 2.61. The number of hydrogen-bond acceptors (Lipinski definition) is 2. The van der Waals surface area contributed by atoms with Gasteiger partial charge in [0.05, 0.1) is 0 Å². The molecule has 3 rings (SSSR count). The molecule has 0 N–H and O–H groups in total. The van der Waals surface area contributed by atoms with Crippen LogP contribution < -0.4 is 0 Å². The topological polar surface area (TPSA) is 12.9 Å². The summed E-state index contributed by atoms with van der Waals surface area (Å²) in [4.78, 5) is 4.06.